The van der Waals surface area contributed by atoms with Gasteiger partial charge in [-0.3, -0.25) is 24.2 Å². The number of carbonyl (C=O) groups is 2. The van der Waals surface area contributed by atoms with E-state index in [0.29, 0.717) is 17.2 Å². The van der Waals surface area contributed by atoms with Crippen LogP contribution in [0.4, 0.5) is 13.2 Å². The molecule has 0 aliphatic heterocycles. The van der Waals surface area contributed by atoms with Gasteiger partial charge in [0.25, 0.3) is 0 Å². The number of hydrogen-bond donors (Lipinski definition) is 3. The first kappa shape index (κ1) is 62.9. The van der Waals surface area contributed by atoms with Gasteiger partial charge in [0.1, 0.15) is 11.6 Å². The highest BCUT2D eigenvalue weighted by molar-refractivity contribution is 7.87. The molecular formula is C57H63Cl5F3N7O6S. The second-order valence-electron chi connectivity index (χ2n) is 19.7. The number of rotatable bonds is 11. The van der Waals surface area contributed by atoms with Crippen LogP contribution in [0.3, 0.4) is 0 Å². The molecular weight excluding hydrogens is 1140 g/mol. The molecule has 424 valence electrons. The van der Waals surface area contributed by atoms with Gasteiger partial charge in [-0.25, -0.2) is 5.84 Å². The lowest BCUT2D eigenvalue weighted by Crippen LogP contribution is -2.39. The molecule has 2 amide bonds. The Morgan fingerprint density at radius 3 is 1.08 bits per heavy atom. The van der Waals surface area contributed by atoms with Gasteiger partial charge in [0.15, 0.2) is 5.90 Å². The molecule has 6 aromatic rings. The van der Waals surface area contributed by atoms with Gasteiger partial charge in [0.2, 0.25) is 11.8 Å². The molecule has 13 nitrogen and oxygen atoms in total. The van der Waals surface area contributed by atoms with Crippen LogP contribution in [0, 0.1) is 0 Å². The minimum absolute atomic E-state index is 0. The smallest absolute Gasteiger partial charge is 0.484 e. The number of benzene rings is 5. The Bertz CT molecular complexity index is 3050. The number of likely N-dealkylation sites (N-methyl/N-ethyl adjacent to an activating group) is 1. The number of alkyl halides is 3. The van der Waals surface area contributed by atoms with Gasteiger partial charge in [0, 0.05) is 46.3 Å². The number of aliphatic imine (C=N–C) groups is 1. The maximum Gasteiger partial charge on any atom is 0.523 e. The first-order valence-corrected chi connectivity index (χ1v) is 28.1. The van der Waals surface area contributed by atoms with Crippen LogP contribution in [0.1, 0.15) is 111 Å². The van der Waals surface area contributed by atoms with Crippen molar-refractivity contribution in [1.29, 1.82) is 0 Å². The van der Waals surface area contributed by atoms with Gasteiger partial charge in [-0.05, 0) is 153 Å². The molecule has 1 heterocycles. The van der Waals surface area contributed by atoms with Crippen molar-refractivity contribution in [3.63, 3.8) is 0 Å². The third-order valence-corrected chi connectivity index (χ3v) is 17.3. The number of nitrogens with two attached hydrogens (primary N) is 1. The van der Waals surface area contributed by atoms with Crippen molar-refractivity contribution in [2.75, 3.05) is 28.3 Å². The molecule has 5 saturated carbocycles. The third kappa shape index (κ3) is 13.8. The van der Waals surface area contributed by atoms with Gasteiger partial charge in [-0.1, -0.05) is 126 Å². The van der Waals surface area contributed by atoms with Crippen molar-refractivity contribution >= 4 is 85.8 Å². The van der Waals surface area contributed by atoms with Crippen LogP contribution in [0.15, 0.2) is 126 Å². The van der Waals surface area contributed by atoms with Crippen molar-refractivity contribution in [2.24, 2.45) is 17.9 Å². The Morgan fingerprint density at radius 2 is 0.861 bits per heavy atom. The average molecular weight is 1210 g/mol. The highest BCUT2D eigenvalue weighted by Crippen LogP contribution is 2.57. The summed E-state index contributed by atoms with van der Waals surface area (Å²) in [5.74, 6) is 8.09. The monoisotopic (exact) mass is 1210 g/mol. The molecule has 0 radical (unpaired) electrons. The fraction of sp³-hybridized carbons (Fsp3) is 0.386. The van der Waals surface area contributed by atoms with E-state index in [9.17, 15) is 31.2 Å². The number of hydrogen-bond acceptors (Lipinski definition) is 10. The molecule has 0 atom stereocenters. The van der Waals surface area contributed by atoms with E-state index in [4.69, 9.17) is 68.6 Å². The van der Waals surface area contributed by atoms with Crippen molar-refractivity contribution in [2.45, 2.75) is 104 Å². The number of nitrogens with one attached hydrogen (secondary N) is 2. The highest BCUT2D eigenvalue weighted by Gasteiger charge is 2.55. The minimum Gasteiger partial charge on any atom is -0.484 e. The molecule has 11 rings (SSSR count). The largest absolute Gasteiger partial charge is 0.523 e. The number of ether oxygens (including phenoxy) is 1. The van der Waals surface area contributed by atoms with Crippen LogP contribution < -0.4 is 16.6 Å². The lowest BCUT2D eigenvalue weighted by molar-refractivity contribution is -0.124. The predicted octanol–water partition coefficient (Wildman–Crippen LogP) is 12.9. The quantitative estimate of drug-likeness (QED) is 0.0216. The Kier molecular flexibility index (Phi) is 20.1. The number of hydrazine groups is 1. The molecule has 0 unspecified atom stereocenters. The van der Waals surface area contributed by atoms with Gasteiger partial charge in [0.05, 0.1) is 41.3 Å². The molecule has 22 heteroatoms. The van der Waals surface area contributed by atoms with E-state index in [1.165, 1.54) is 16.7 Å². The summed E-state index contributed by atoms with van der Waals surface area (Å²) in [5.41, 5.74) is 2.11. The summed E-state index contributed by atoms with van der Waals surface area (Å²) in [6.45, 7) is 0. The fourth-order valence-electron chi connectivity index (χ4n) is 9.81. The number of amides is 2. The fourth-order valence-corrected chi connectivity index (χ4v) is 10.6. The Hall–Kier alpha value is -5.24. The van der Waals surface area contributed by atoms with E-state index in [2.05, 4.69) is 78.1 Å². The molecule has 5 aliphatic carbocycles. The van der Waals surface area contributed by atoms with Crippen LogP contribution in [-0.2, 0) is 62.7 Å². The number of nitrogens with zero attached hydrogens (tertiary/aromatic N) is 4. The van der Waals surface area contributed by atoms with E-state index in [0.717, 1.165) is 108 Å². The zero-order chi connectivity index (χ0) is 56.9. The lowest BCUT2D eigenvalue weighted by atomic mass is 9.93. The maximum absolute atomic E-state index is 11.6. The molecule has 79 heavy (non-hydrogen) atoms. The molecule has 0 saturated heterocycles. The molecule has 1 aromatic heterocycles. The molecule has 5 fully saturated rings. The van der Waals surface area contributed by atoms with Crippen LogP contribution in [0.2, 0.25) is 25.1 Å². The van der Waals surface area contributed by atoms with Crippen LogP contribution in [0.5, 0.6) is 0 Å². The van der Waals surface area contributed by atoms with E-state index in [-0.39, 0.29) is 46.3 Å². The molecule has 0 bridgehead atoms. The van der Waals surface area contributed by atoms with Crippen molar-refractivity contribution < 1.29 is 40.1 Å². The summed E-state index contributed by atoms with van der Waals surface area (Å²) in [7, 11) is 2.35. The number of halogens is 8. The number of carbonyl (C=O) groups excluding carboxylic acids is 2. The summed E-state index contributed by atoms with van der Waals surface area (Å²) in [6, 6.07) is 39.2. The van der Waals surface area contributed by atoms with E-state index >= 15 is 0 Å². The van der Waals surface area contributed by atoms with Gasteiger partial charge < -0.3 is 14.6 Å². The summed E-state index contributed by atoms with van der Waals surface area (Å²) in [5, 5.41) is 15.7. The second kappa shape index (κ2) is 25.3. The Labute approximate surface area is 484 Å². The summed E-state index contributed by atoms with van der Waals surface area (Å²) < 4.78 is 63.4. The standard InChI is InChI=1S/C21H19Cl2N3.C12H14ClNO.C11H12ClNO.C10H11ClN2O.C2H3F3O3S.CH4/c1-26-18(20(10-11-20)14-2-6-16(22)7-3-14)24-25-19(26)21(12-13-21)15-4-8-17(23)9-5-15;1-14-11(15-2)12(7-8-12)9-3-5-10(13)6-4-9;1-13-10(14)11(6-7-11)8-2-4-9(12)5-3-8;11-8-3-1-7(2-4-8)10(5-6-10)9(14)13-12;1-8-9(6,7)2(3,4)5;/h2-9H,10-13H2,1H3;3-6H,7-8H2,1-2H3;2-5H,6-7H2,1H3,(H,13,14);1-4H,5-6,12H2,(H,13,14);1H3;1H4. The van der Waals surface area contributed by atoms with E-state index < -0.39 is 15.6 Å². The molecule has 5 aromatic carbocycles. The topological polar surface area (TPSA) is 180 Å². The van der Waals surface area contributed by atoms with E-state index in [1.54, 1.807) is 33.3 Å². The molecule has 4 N–H and O–H groups in total. The third-order valence-electron chi connectivity index (χ3n) is 15.0. The summed E-state index contributed by atoms with van der Waals surface area (Å²) in [6.07, 6.45) is 10.2. The van der Waals surface area contributed by atoms with E-state index in [1.807, 2.05) is 72.8 Å². The summed E-state index contributed by atoms with van der Waals surface area (Å²) >= 11 is 29.6. The van der Waals surface area contributed by atoms with Gasteiger partial charge in [-0.2, -0.15) is 21.6 Å². The van der Waals surface area contributed by atoms with Crippen molar-refractivity contribution in [3.8, 4) is 0 Å². The van der Waals surface area contributed by atoms with Crippen LogP contribution >= 0.6 is 58.0 Å². The van der Waals surface area contributed by atoms with Gasteiger partial charge >= 0.3 is 15.6 Å². The Morgan fingerprint density at radius 1 is 0.570 bits per heavy atom. The average Bonchev–Trinajstić information content (AvgIpc) is 4.21. The SMILES string of the molecule is C.CN=C(OC)C1(c2ccc(Cl)cc2)CC1.CNC(=O)C1(c2ccc(Cl)cc2)CC1.COS(=O)(=O)C(F)(F)F.Cn1c(C2(c3ccc(Cl)cc3)CC2)nnc1C1(c2ccc(Cl)cc2)CC1.NNC(=O)C1(c2ccc(Cl)cc2)CC1. The summed E-state index contributed by atoms with van der Waals surface area (Å²) in [4.78, 5) is 27.4. The van der Waals surface area contributed by atoms with Crippen LogP contribution in [0.25, 0.3) is 0 Å². The Balaban J connectivity index is 0.000000167. The van der Waals surface area contributed by atoms with Crippen molar-refractivity contribution in [3.05, 3.63) is 186 Å². The van der Waals surface area contributed by atoms with Crippen molar-refractivity contribution in [1.82, 2.24) is 25.5 Å². The highest BCUT2D eigenvalue weighted by atomic mass is 35.5. The zero-order valence-electron chi connectivity index (χ0n) is 43.4. The zero-order valence-corrected chi connectivity index (χ0v) is 48.0. The minimum atomic E-state index is -5.34. The maximum atomic E-state index is 11.6. The normalized spacial score (nSPS) is 17.7. The first-order chi connectivity index (χ1) is 37.0. The predicted molar refractivity (Wildman–Crippen MR) is 307 cm³/mol. The number of methoxy groups -OCH3 is 1. The number of aromatic nitrogens is 3. The van der Waals surface area contributed by atoms with Crippen LogP contribution in [-0.4, -0.2) is 74.7 Å². The lowest BCUT2D eigenvalue weighted by Gasteiger charge is -2.19. The second-order valence-corrected chi connectivity index (χ2v) is 23.6. The molecule has 5 aliphatic rings. The van der Waals surface area contributed by atoms with Gasteiger partial charge in [-0.15, -0.1) is 10.2 Å². The first-order valence-electron chi connectivity index (χ1n) is 24.8. The molecule has 0 spiro atoms.